The number of rotatable bonds is 4. The van der Waals surface area contributed by atoms with E-state index in [0.29, 0.717) is 6.61 Å². The molecule has 0 unspecified atom stereocenters. The van der Waals surface area contributed by atoms with Crippen molar-refractivity contribution in [1.82, 2.24) is 0 Å². The van der Waals surface area contributed by atoms with Gasteiger partial charge in [-0.25, -0.2) is 0 Å². The summed E-state index contributed by atoms with van der Waals surface area (Å²) < 4.78 is 10.9. The fourth-order valence-corrected chi connectivity index (χ4v) is 2.36. The summed E-state index contributed by atoms with van der Waals surface area (Å²) >= 11 is 0. The molecule has 0 bridgehead atoms. The highest BCUT2D eigenvalue weighted by atomic mass is 16.5. The molecule has 0 saturated heterocycles. The number of fused-ring (bicyclic) bond motifs is 1. The number of ether oxygens (including phenoxy) is 2. The van der Waals surface area contributed by atoms with Crippen LogP contribution >= 0.6 is 0 Å². The first-order valence-electron chi connectivity index (χ1n) is 6.48. The Bertz CT molecular complexity index is 563. The van der Waals surface area contributed by atoms with Crippen LogP contribution in [0.4, 0.5) is 5.69 Å². The van der Waals surface area contributed by atoms with Gasteiger partial charge in [0.15, 0.2) is 0 Å². The monoisotopic (exact) mass is 255 g/mol. The van der Waals surface area contributed by atoms with Crippen molar-refractivity contribution in [1.29, 1.82) is 0 Å². The highest BCUT2D eigenvalue weighted by Gasteiger charge is 2.13. The number of benzene rings is 2. The van der Waals surface area contributed by atoms with E-state index < -0.39 is 0 Å². The summed E-state index contributed by atoms with van der Waals surface area (Å²) in [6.07, 6.45) is 1.10. The lowest BCUT2D eigenvalue weighted by atomic mass is 10.1. The first kappa shape index (κ1) is 11.9. The number of anilines is 1. The fourth-order valence-electron chi connectivity index (χ4n) is 2.36. The van der Waals surface area contributed by atoms with E-state index in [-0.39, 0.29) is 0 Å². The van der Waals surface area contributed by atoms with Gasteiger partial charge in [-0.1, -0.05) is 18.2 Å². The maximum Gasteiger partial charge on any atom is 0.120 e. The van der Waals surface area contributed by atoms with Crippen molar-refractivity contribution in [2.45, 2.75) is 13.0 Å². The molecule has 1 aliphatic rings. The van der Waals surface area contributed by atoms with E-state index in [4.69, 9.17) is 9.47 Å². The number of methoxy groups -OCH3 is 1. The third kappa shape index (κ3) is 2.50. The Morgan fingerprint density at radius 1 is 1.05 bits per heavy atom. The average molecular weight is 255 g/mol. The van der Waals surface area contributed by atoms with Gasteiger partial charge in [0.25, 0.3) is 0 Å². The minimum Gasteiger partial charge on any atom is -0.497 e. The minimum absolute atomic E-state index is 0.586. The highest BCUT2D eigenvalue weighted by molar-refractivity contribution is 5.61. The van der Waals surface area contributed by atoms with E-state index in [2.05, 4.69) is 23.5 Å². The van der Waals surface area contributed by atoms with Crippen LogP contribution in [0, 0.1) is 0 Å². The van der Waals surface area contributed by atoms with Gasteiger partial charge in [0.2, 0.25) is 0 Å². The Labute approximate surface area is 113 Å². The summed E-state index contributed by atoms with van der Waals surface area (Å²) in [6.45, 7) is 1.61. The van der Waals surface area contributed by atoms with Crippen molar-refractivity contribution in [3.63, 3.8) is 0 Å². The molecule has 1 heterocycles. The molecule has 0 fully saturated rings. The zero-order chi connectivity index (χ0) is 13.1. The van der Waals surface area contributed by atoms with Gasteiger partial charge in [0, 0.05) is 17.8 Å². The van der Waals surface area contributed by atoms with Crippen LogP contribution in [0.5, 0.6) is 11.5 Å². The van der Waals surface area contributed by atoms with Crippen LogP contribution < -0.4 is 14.8 Å². The molecule has 3 heteroatoms. The molecule has 19 heavy (non-hydrogen) atoms. The first-order chi connectivity index (χ1) is 9.36. The Kier molecular flexibility index (Phi) is 3.27. The third-order valence-corrected chi connectivity index (χ3v) is 3.39. The Hall–Kier alpha value is -2.16. The largest absolute Gasteiger partial charge is 0.497 e. The number of para-hydroxylation sites is 1. The van der Waals surface area contributed by atoms with Crippen molar-refractivity contribution >= 4 is 5.69 Å². The SMILES string of the molecule is COc1ccc(OCc2cccc3c2NCC3)cc1. The van der Waals surface area contributed by atoms with E-state index in [1.54, 1.807) is 7.11 Å². The molecule has 0 aromatic heterocycles. The van der Waals surface area contributed by atoms with Crippen molar-refractivity contribution in [2.75, 3.05) is 19.0 Å². The minimum atomic E-state index is 0.586. The van der Waals surface area contributed by atoms with Crippen LogP contribution in [0.1, 0.15) is 11.1 Å². The van der Waals surface area contributed by atoms with E-state index in [0.717, 1.165) is 24.5 Å². The summed E-state index contributed by atoms with van der Waals surface area (Å²) in [7, 11) is 1.66. The second kappa shape index (κ2) is 5.22. The lowest BCUT2D eigenvalue weighted by Gasteiger charge is -2.11. The molecule has 98 valence electrons. The van der Waals surface area contributed by atoms with Crippen LogP contribution in [0.25, 0.3) is 0 Å². The molecule has 0 amide bonds. The predicted molar refractivity (Wildman–Crippen MR) is 76.0 cm³/mol. The van der Waals surface area contributed by atoms with Crippen molar-refractivity contribution < 1.29 is 9.47 Å². The number of hydrogen-bond donors (Lipinski definition) is 1. The molecule has 2 aromatic carbocycles. The summed E-state index contributed by atoms with van der Waals surface area (Å²) in [5, 5.41) is 3.42. The summed E-state index contributed by atoms with van der Waals surface area (Å²) in [4.78, 5) is 0. The van der Waals surface area contributed by atoms with E-state index in [9.17, 15) is 0 Å². The molecule has 3 nitrogen and oxygen atoms in total. The maximum atomic E-state index is 5.82. The van der Waals surface area contributed by atoms with Crippen LogP contribution in [0.3, 0.4) is 0 Å². The lowest BCUT2D eigenvalue weighted by molar-refractivity contribution is 0.306. The van der Waals surface area contributed by atoms with Gasteiger partial charge in [-0.3, -0.25) is 0 Å². The molecule has 0 atom stereocenters. The maximum absolute atomic E-state index is 5.82. The standard InChI is InChI=1S/C16H17NO2/c1-18-14-5-7-15(8-6-14)19-11-13-4-2-3-12-9-10-17-16(12)13/h2-8,17H,9-11H2,1H3. The van der Waals surface area contributed by atoms with Gasteiger partial charge in [-0.2, -0.15) is 0 Å². The average Bonchev–Trinajstić information content (AvgIpc) is 2.94. The smallest absolute Gasteiger partial charge is 0.120 e. The molecular formula is C16H17NO2. The third-order valence-electron chi connectivity index (χ3n) is 3.39. The van der Waals surface area contributed by atoms with Crippen LogP contribution in [-0.2, 0) is 13.0 Å². The lowest BCUT2D eigenvalue weighted by Crippen LogP contribution is -2.00. The van der Waals surface area contributed by atoms with Crippen molar-refractivity contribution in [2.24, 2.45) is 0 Å². The van der Waals surface area contributed by atoms with Crippen LogP contribution in [0.2, 0.25) is 0 Å². The van der Waals surface area contributed by atoms with Gasteiger partial charge >= 0.3 is 0 Å². The Morgan fingerprint density at radius 3 is 2.63 bits per heavy atom. The van der Waals surface area contributed by atoms with E-state index >= 15 is 0 Å². The summed E-state index contributed by atoms with van der Waals surface area (Å²) in [6, 6.07) is 14.0. The van der Waals surface area contributed by atoms with Gasteiger partial charge < -0.3 is 14.8 Å². The topological polar surface area (TPSA) is 30.5 Å². The highest BCUT2D eigenvalue weighted by Crippen LogP contribution is 2.27. The quantitative estimate of drug-likeness (QED) is 0.909. The molecule has 0 saturated carbocycles. The van der Waals surface area contributed by atoms with Crippen LogP contribution in [0.15, 0.2) is 42.5 Å². The van der Waals surface area contributed by atoms with Gasteiger partial charge in [0.1, 0.15) is 18.1 Å². The summed E-state index contributed by atoms with van der Waals surface area (Å²) in [5.74, 6) is 1.70. The predicted octanol–water partition coefficient (Wildman–Crippen LogP) is 3.24. The first-order valence-corrected chi connectivity index (χ1v) is 6.48. The van der Waals surface area contributed by atoms with Gasteiger partial charge in [-0.05, 0) is 36.2 Å². The summed E-state index contributed by atoms with van der Waals surface area (Å²) in [5.41, 5.74) is 3.85. The number of hydrogen-bond acceptors (Lipinski definition) is 3. The van der Waals surface area contributed by atoms with E-state index in [1.807, 2.05) is 24.3 Å². The zero-order valence-corrected chi connectivity index (χ0v) is 11.0. The molecule has 1 aliphatic heterocycles. The molecule has 3 rings (SSSR count). The Morgan fingerprint density at radius 2 is 1.84 bits per heavy atom. The molecule has 2 aromatic rings. The number of nitrogens with one attached hydrogen (secondary N) is 1. The Balaban J connectivity index is 1.70. The molecule has 1 N–H and O–H groups in total. The van der Waals surface area contributed by atoms with Crippen molar-refractivity contribution in [3.8, 4) is 11.5 Å². The molecule has 0 aliphatic carbocycles. The normalized spacial score (nSPS) is 12.7. The second-order valence-electron chi connectivity index (χ2n) is 4.59. The van der Waals surface area contributed by atoms with Crippen molar-refractivity contribution in [3.05, 3.63) is 53.6 Å². The zero-order valence-electron chi connectivity index (χ0n) is 11.0. The van der Waals surface area contributed by atoms with Crippen LogP contribution in [-0.4, -0.2) is 13.7 Å². The molecule has 0 radical (unpaired) electrons. The molecule has 0 spiro atoms. The molecular weight excluding hydrogens is 238 g/mol. The van der Waals surface area contributed by atoms with E-state index in [1.165, 1.54) is 16.8 Å². The van der Waals surface area contributed by atoms with Gasteiger partial charge in [0.05, 0.1) is 7.11 Å². The second-order valence-corrected chi connectivity index (χ2v) is 4.59. The fraction of sp³-hybridized carbons (Fsp3) is 0.250. The van der Waals surface area contributed by atoms with Gasteiger partial charge in [-0.15, -0.1) is 0 Å².